The minimum absolute atomic E-state index is 0.362. The molecule has 0 heterocycles. The molecule has 0 amide bonds. The minimum Gasteiger partial charge on any atom is -0.491 e. The second-order valence-corrected chi connectivity index (χ2v) is 5.32. The van der Waals surface area contributed by atoms with E-state index < -0.39 is 11.7 Å². The van der Waals surface area contributed by atoms with Crippen LogP contribution in [0.25, 0.3) is 0 Å². The van der Waals surface area contributed by atoms with Crippen LogP contribution in [-0.4, -0.2) is 22.4 Å². The number of aliphatic hydroxyl groups is 2. The fourth-order valence-electron chi connectivity index (χ4n) is 2.41. The summed E-state index contributed by atoms with van der Waals surface area (Å²) in [7, 11) is 0. The van der Waals surface area contributed by atoms with Crippen LogP contribution >= 0.6 is 0 Å². The smallest absolute Gasteiger partial charge is 0.119 e. The Morgan fingerprint density at radius 2 is 1.78 bits per heavy atom. The molecule has 1 saturated carbocycles. The first kappa shape index (κ1) is 13.4. The van der Waals surface area contributed by atoms with Crippen LogP contribution in [0.15, 0.2) is 24.3 Å². The predicted molar refractivity (Wildman–Crippen MR) is 70.6 cm³/mol. The van der Waals surface area contributed by atoms with Crippen LogP contribution in [0, 0.1) is 0 Å². The lowest BCUT2D eigenvalue weighted by atomic mass is 9.85. The van der Waals surface area contributed by atoms with Crippen molar-refractivity contribution in [2.75, 3.05) is 6.61 Å². The molecule has 1 atom stereocenters. The molecule has 0 spiro atoms. The van der Waals surface area contributed by atoms with Gasteiger partial charge < -0.3 is 14.9 Å². The van der Waals surface area contributed by atoms with Gasteiger partial charge in [0.1, 0.15) is 12.4 Å². The van der Waals surface area contributed by atoms with Crippen LogP contribution in [0.2, 0.25) is 0 Å². The van der Waals surface area contributed by atoms with Crippen molar-refractivity contribution in [2.24, 2.45) is 0 Å². The Labute approximate surface area is 108 Å². The van der Waals surface area contributed by atoms with Gasteiger partial charge in [-0.3, -0.25) is 0 Å². The van der Waals surface area contributed by atoms with Gasteiger partial charge in [0.15, 0.2) is 0 Å². The van der Waals surface area contributed by atoms with Gasteiger partial charge in [0.25, 0.3) is 0 Å². The molecule has 0 aromatic heterocycles. The first-order valence-corrected chi connectivity index (χ1v) is 6.72. The van der Waals surface area contributed by atoms with Crippen LogP contribution < -0.4 is 4.74 Å². The van der Waals surface area contributed by atoms with Gasteiger partial charge in [-0.2, -0.15) is 0 Å². The first-order chi connectivity index (χ1) is 8.59. The lowest BCUT2D eigenvalue weighted by molar-refractivity contribution is -0.0339. The Morgan fingerprint density at radius 3 is 2.33 bits per heavy atom. The lowest BCUT2D eigenvalue weighted by Gasteiger charge is -2.31. The van der Waals surface area contributed by atoms with Crippen molar-refractivity contribution in [1.29, 1.82) is 0 Å². The van der Waals surface area contributed by atoms with Gasteiger partial charge in [-0.25, -0.2) is 0 Å². The largest absolute Gasteiger partial charge is 0.491 e. The maximum absolute atomic E-state index is 10.3. The summed E-state index contributed by atoms with van der Waals surface area (Å²) in [4.78, 5) is 0. The molecule has 100 valence electrons. The van der Waals surface area contributed by atoms with E-state index in [1.54, 1.807) is 6.92 Å². The highest BCUT2D eigenvalue weighted by Crippen LogP contribution is 2.29. The van der Waals surface area contributed by atoms with E-state index in [1.165, 1.54) is 6.42 Å². The molecule has 2 rings (SSSR count). The molecule has 2 N–H and O–H groups in total. The Kier molecular flexibility index (Phi) is 4.25. The standard InChI is InChI=1S/C15H22O3/c1-12(16)13-5-7-14(8-6-13)18-11-15(17)9-3-2-4-10-15/h5-8,12,16-17H,2-4,9-11H2,1H3. The summed E-state index contributed by atoms with van der Waals surface area (Å²) in [6.45, 7) is 2.10. The summed E-state index contributed by atoms with van der Waals surface area (Å²) in [5, 5.41) is 19.7. The number of ether oxygens (including phenoxy) is 1. The van der Waals surface area contributed by atoms with Crippen LogP contribution in [0.5, 0.6) is 5.75 Å². The van der Waals surface area contributed by atoms with Crippen LogP contribution in [0.1, 0.15) is 50.7 Å². The van der Waals surface area contributed by atoms with Gasteiger partial charge in [0, 0.05) is 0 Å². The molecule has 18 heavy (non-hydrogen) atoms. The third kappa shape index (κ3) is 3.47. The maximum Gasteiger partial charge on any atom is 0.119 e. The average molecular weight is 250 g/mol. The summed E-state index contributed by atoms with van der Waals surface area (Å²) < 4.78 is 5.65. The van der Waals surface area contributed by atoms with Crippen molar-refractivity contribution in [3.8, 4) is 5.75 Å². The molecule has 1 unspecified atom stereocenters. The summed E-state index contributed by atoms with van der Waals surface area (Å²) in [5.41, 5.74) is 0.222. The topological polar surface area (TPSA) is 49.7 Å². The molecule has 0 radical (unpaired) electrons. The van der Waals surface area contributed by atoms with Gasteiger partial charge in [0.2, 0.25) is 0 Å². The molecular weight excluding hydrogens is 228 g/mol. The van der Waals surface area contributed by atoms with E-state index in [0.717, 1.165) is 37.0 Å². The van der Waals surface area contributed by atoms with Crippen LogP contribution in [0.3, 0.4) is 0 Å². The molecule has 0 bridgehead atoms. The Bertz CT molecular complexity index is 364. The molecule has 1 aromatic carbocycles. The normalized spacial score (nSPS) is 20.4. The molecule has 1 aliphatic rings. The fourth-order valence-corrected chi connectivity index (χ4v) is 2.41. The van der Waals surface area contributed by atoms with Crippen molar-refractivity contribution in [1.82, 2.24) is 0 Å². The zero-order valence-electron chi connectivity index (χ0n) is 10.9. The van der Waals surface area contributed by atoms with Crippen molar-refractivity contribution in [2.45, 2.75) is 50.7 Å². The lowest BCUT2D eigenvalue weighted by Crippen LogP contribution is -2.37. The zero-order valence-corrected chi connectivity index (χ0v) is 10.9. The SMILES string of the molecule is CC(O)c1ccc(OCC2(O)CCCCC2)cc1. The Morgan fingerprint density at radius 1 is 1.17 bits per heavy atom. The van der Waals surface area contributed by atoms with Crippen molar-refractivity contribution in [3.05, 3.63) is 29.8 Å². The number of hydrogen-bond acceptors (Lipinski definition) is 3. The summed E-state index contributed by atoms with van der Waals surface area (Å²) in [5.74, 6) is 0.749. The van der Waals surface area contributed by atoms with Crippen molar-refractivity contribution >= 4 is 0 Å². The molecular formula is C15H22O3. The second-order valence-electron chi connectivity index (χ2n) is 5.32. The number of hydrogen-bond donors (Lipinski definition) is 2. The zero-order chi connectivity index (χ0) is 13.0. The van der Waals surface area contributed by atoms with E-state index in [0.29, 0.717) is 6.61 Å². The highest BCUT2D eigenvalue weighted by Gasteiger charge is 2.29. The molecule has 0 saturated heterocycles. The minimum atomic E-state index is -0.652. The quantitative estimate of drug-likeness (QED) is 0.864. The molecule has 3 nitrogen and oxygen atoms in total. The van der Waals surface area contributed by atoms with Crippen molar-refractivity contribution in [3.63, 3.8) is 0 Å². The summed E-state index contributed by atoms with van der Waals surface area (Å²) in [6.07, 6.45) is 4.59. The third-order valence-electron chi connectivity index (χ3n) is 3.65. The summed E-state index contributed by atoms with van der Waals surface area (Å²) >= 11 is 0. The second kappa shape index (κ2) is 5.72. The van der Waals surface area contributed by atoms with Gasteiger partial charge in [0.05, 0.1) is 11.7 Å². The highest BCUT2D eigenvalue weighted by atomic mass is 16.5. The van der Waals surface area contributed by atoms with Gasteiger partial charge >= 0.3 is 0 Å². The van der Waals surface area contributed by atoms with E-state index in [-0.39, 0.29) is 0 Å². The van der Waals surface area contributed by atoms with Crippen molar-refractivity contribution < 1.29 is 14.9 Å². The number of benzene rings is 1. The maximum atomic E-state index is 10.3. The van der Waals surface area contributed by atoms with E-state index in [4.69, 9.17) is 4.74 Å². The van der Waals surface area contributed by atoms with Gasteiger partial charge in [-0.05, 0) is 37.5 Å². The molecule has 3 heteroatoms. The van der Waals surface area contributed by atoms with Gasteiger partial charge in [-0.15, -0.1) is 0 Å². The van der Waals surface area contributed by atoms with E-state index in [9.17, 15) is 10.2 Å². The van der Waals surface area contributed by atoms with Crippen LogP contribution in [-0.2, 0) is 0 Å². The monoisotopic (exact) mass is 250 g/mol. The molecule has 1 aromatic rings. The average Bonchev–Trinajstić information content (AvgIpc) is 2.38. The van der Waals surface area contributed by atoms with E-state index in [2.05, 4.69) is 0 Å². The number of aliphatic hydroxyl groups excluding tert-OH is 1. The fraction of sp³-hybridized carbons (Fsp3) is 0.600. The number of rotatable bonds is 4. The first-order valence-electron chi connectivity index (χ1n) is 6.72. The molecule has 1 aliphatic carbocycles. The molecule has 0 aliphatic heterocycles. The van der Waals surface area contributed by atoms with Crippen LogP contribution in [0.4, 0.5) is 0 Å². The summed E-state index contributed by atoms with van der Waals surface area (Å²) in [6, 6.07) is 7.39. The van der Waals surface area contributed by atoms with Gasteiger partial charge in [-0.1, -0.05) is 31.4 Å². The third-order valence-corrected chi connectivity index (χ3v) is 3.65. The van der Waals surface area contributed by atoms with E-state index >= 15 is 0 Å². The predicted octanol–water partition coefficient (Wildman–Crippen LogP) is 2.81. The Balaban J connectivity index is 1.89. The Hall–Kier alpha value is -1.06. The molecule has 1 fully saturated rings. The van der Waals surface area contributed by atoms with E-state index in [1.807, 2.05) is 24.3 Å². The highest BCUT2D eigenvalue weighted by molar-refractivity contribution is 5.28.